The van der Waals surface area contributed by atoms with E-state index in [2.05, 4.69) is 17.4 Å². The van der Waals surface area contributed by atoms with Crippen LogP contribution in [0.25, 0.3) is 0 Å². The largest absolute Gasteiger partial charge is 0.332 e. The summed E-state index contributed by atoms with van der Waals surface area (Å²) in [6, 6.07) is 16.0. The zero-order valence-electron chi connectivity index (χ0n) is 14.1. The molecule has 4 rings (SSSR count). The van der Waals surface area contributed by atoms with Crippen molar-refractivity contribution in [2.24, 2.45) is 0 Å². The molecule has 2 aliphatic rings. The molecule has 2 heterocycles. The first-order valence-electron chi connectivity index (χ1n) is 8.61. The first-order chi connectivity index (χ1) is 12.1. The molecular weight excluding hydrogens is 332 g/mol. The van der Waals surface area contributed by atoms with Crippen molar-refractivity contribution in [1.29, 1.82) is 0 Å². The lowest BCUT2D eigenvalue weighted by atomic mass is 10.0. The molecule has 2 atom stereocenters. The topological polar surface area (TPSA) is 49.4 Å². The van der Waals surface area contributed by atoms with Crippen molar-refractivity contribution in [3.63, 3.8) is 0 Å². The number of nitrogens with zero attached hydrogens (tertiary/aromatic N) is 1. The molecule has 0 unspecified atom stereocenters. The van der Waals surface area contributed by atoms with Gasteiger partial charge >= 0.3 is 0 Å². The van der Waals surface area contributed by atoms with Crippen LogP contribution in [0.1, 0.15) is 41.7 Å². The lowest BCUT2D eigenvalue weighted by Gasteiger charge is -2.26. The van der Waals surface area contributed by atoms with Gasteiger partial charge in [-0.25, -0.2) is 0 Å². The van der Waals surface area contributed by atoms with Crippen LogP contribution >= 0.6 is 11.8 Å². The molecule has 0 aromatic heterocycles. The van der Waals surface area contributed by atoms with Gasteiger partial charge in [-0.2, -0.15) is 0 Å². The van der Waals surface area contributed by atoms with Crippen LogP contribution in [0.5, 0.6) is 0 Å². The molecule has 2 amide bonds. The summed E-state index contributed by atoms with van der Waals surface area (Å²) in [7, 11) is 0. The molecule has 2 aromatic carbocycles. The van der Waals surface area contributed by atoms with Crippen LogP contribution in [0.15, 0.2) is 53.4 Å². The fraction of sp³-hybridized carbons (Fsp3) is 0.300. The molecule has 5 heteroatoms. The molecule has 25 heavy (non-hydrogen) atoms. The van der Waals surface area contributed by atoms with E-state index in [1.807, 2.05) is 48.2 Å². The normalized spacial score (nSPS) is 22.4. The van der Waals surface area contributed by atoms with E-state index in [9.17, 15) is 9.59 Å². The van der Waals surface area contributed by atoms with Crippen molar-refractivity contribution in [3.8, 4) is 0 Å². The third-order valence-electron chi connectivity index (χ3n) is 4.86. The molecule has 2 aliphatic heterocycles. The SMILES string of the molecule is C[C@@H]1Sc2ccc(C(=O)N3CCC[C@@H]3c3ccccc3)cc2NC1=O. The first-order valence-corrected chi connectivity index (χ1v) is 9.49. The van der Waals surface area contributed by atoms with Gasteiger partial charge in [0.05, 0.1) is 17.0 Å². The molecule has 0 radical (unpaired) electrons. The second-order valence-corrected chi connectivity index (χ2v) is 7.91. The van der Waals surface area contributed by atoms with Crippen LogP contribution in [0.4, 0.5) is 5.69 Å². The van der Waals surface area contributed by atoms with E-state index < -0.39 is 0 Å². The second-order valence-electron chi connectivity index (χ2n) is 6.53. The Labute approximate surface area is 151 Å². The summed E-state index contributed by atoms with van der Waals surface area (Å²) >= 11 is 1.53. The Balaban J connectivity index is 1.61. The second kappa shape index (κ2) is 6.56. The van der Waals surface area contributed by atoms with Crippen LogP contribution in [0.2, 0.25) is 0 Å². The van der Waals surface area contributed by atoms with Gasteiger partial charge in [0, 0.05) is 17.0 Å². The number of carbonyl (C=O) groups is 2. The lowest BCUT2D eigenvalue weighted by molar-refractivity contribution is -0.115. The summed E-state index contributed by atoms with van der Waals surface area (Å²) < 4.78 is 0. The van der Waals surface area contributed by atoms with Crippen LogP contribution in [0.3, 0.4) is 0 Å². The predicted molar refractivity (Wildman–Crippen MR) is 99.8 cm³/mol. The van der Waals surface area contributed by atoms with Gasteiger partial charge < -0.3 is 10.2 Å². The number of hydrogen-bond acceptors (Lipinski definition) is 3. The highest BCUT2D eigenvalue weighted by atomic mass is 32.2. The third-order valence-corrected chi connectivity index (χ3v) is 6.03. The Morgan fingerprint density at radius 2 is 2.00 bits per heavy atom. The number of amides is 2. The first kappa shape index (κ1) is 16.2. The number of hydrogen-bond donors (Lipinski definition) is 1. The third kappa shape index (κ3) is 3.04. The Hall–Kier alpha value is -2.27. The molecule has 0 aliphatic carbocycles. The van der Waals surface area contributed by atoms with E-state index >= 15 is 0 Å². The Morgan fingerprint density at radius 1 is 1.20 bits per heavy atom. The van der Waals surface area contributed by atoms with Crippen molar-refractivity contribution in [3.05, 3.63) is 59.7 Å². The molecule has 128 valence electrons. The summed E-state index contributed by atoms with van der Waals surface area (Å²) in [5.41, 5.74) is 2.57. The van der Waals surface area contributed by atoms with Crippen molar-refractivity contribution < 1.29 is 9.59 Å². The van der Waals surface area contributed by atoms with E-state index in [0.717, 1.165) is 30.0 Å². The summed E-state index contributed by atoms with van der Waals surface area (Å²) in [6.07, 6.45) is 2.01. The van der Waals surface area contributed by atoms with Crippen molar-refractivity contribution in [2.75, 3.05) is 11.9 Å². The number of thioether (sulfide) groups is 1. The number of anilines is 1. The Morgan fingerprint density at radius 3 is 2.80 bits per heavy atom. The fourth-order valence-electron chi connectivity index (χ4n) is 3.54. The molecule has 4 nitrogen and oxygen atoms in total. The van der Waals surface area contributed by atoms with Crippen LogP contribution in [-0.4, -0.2) is 28.5 Å². The molecule has 0 spiro atoms. The molecular formula is C20H20N2O2S. The number of likely N-dealkylation sites (tertiary alicyclic amines) is 1. The van der Waals surface area contributed by atoms with Crippen molar-refractivity contribution >= 4 is 29.3 Å². The molecule has 0 saturated carbocycles. The van der Waals surface area contributed by atoms with Crippen molar-refractivity contribution in [1.82, 2.24) is 4.90 Å². The van der Waals surface area contributed by atoms with E-state index in [4.69, 9.17) is 0 Å². The van der Waals surface area contributed by atoms with Gasteiger partial charge in [-0.1, -0.05) is 30.3 Å². The average Bonchev–Trinajstić information content (AvgIpc) is 3.12. The van der Waals surface area contributed by atoms with Crippen molar-refractivity contribution in [2.45, 2.75) is 36.0 Å². The Kier molecular flexibility index (Phi) is 4.25. The molecule has 2 aromatic rings. The average molecular weight is 352 g/mol. The highest BCUT2D eigenvalue weighted by molar-refractivity contribution is 8.00. The maximum atomic E-state index is 13.1. The van der Waals surface area contributed by atoms with E-state index in [0.29, 0.717) is 5.56 Å². The number of carbonyl (C=O) groups excluding carboxylic acids is 2. The highest BCUT2D eigenvalue weighted by Gasteiger charge is 2.31. The minimum absolute atomic E-state index is 0.00886. The number of nitrogens with one attached hydrogen (secondary N) is 1. The highest BCUT2D eigenvalue weighted by Crippen LogP contribution is 2.37. The maximum absolute atomic E-state index is 13.1. The fourth-order valence-corrected chi connectivity index (χ4v) is 4.47. The monoisotopic (exact) mass is 352 g/mol. The number of benzene rings is 2. The Bertz CT molecular complexity index is 822. The van der Waals surface area contributed by atoms with Gasteiger partial charge in [-0.15, -0.1) is 11.8 Å². The zero-order valence-corrected chi connectivity index (χ0v) is 14.9. The zero-order chi connectivity index (χ0) is 17.4. The molecule has 1 N–H and O–H groups in total. The minimum Gasteiger partial charge on any atom is -0.332 e. The summed E-state index contributed by atoms with van der Waals surface area (Å²) in [4.78, 5) is 27.9. The number of fused-ring (bicyclic) bond motifs is 1. The molecule has 1 fully saturated rings. The van der Waals surface area contributed by atoms with Gasteiger partial charge in [0.1, 0.15) is 0 Å². The van der Waals surface area contributed by atoms with Crippen LogP contribution < -0.4 is 5.32 Å². The maximum Gasteiger partial charge on any atom is 0.254 e. The van der Waals surface area contributed by atoms with E-state index in [1.54, 1.807) is 0 Å². The smallest absolute Gasteiger partial charge is 0.254 e. The predicted octanol–water partition coefficient (Wildman–Crippen LogP) is 4.10. The van der Waals surface area contributed by atoms with Gasteiger partial charge in [-0.3, -0.25) is 9.59 Å². The van der Waals surface area contributed by atoms with Gasteiger partial charge in [0.25, 0.3) is 5.91 Å². The molecule has 0 bridgehead atoms. The lowest BCUT2D eigenvalue weighted by Crippen LogP contribution is -2.31. The van der Waals surface area contributed by atoms with E-state index in [-0.39, 0.29) is 23.1 Å². The summed E-state index contributed by atoms with van der Waals surface area (Å²) in [5, 5.41) is 2.81. The van der Waals surface area contributed by atoms with Gasteiger partial charge in [0.15, 0.2) is 0 Å². The number of rotatable bonds is 2. The standard InChI is InChI=1S/C20H20N2O2S/c1-13-19(23)21-16-12-15(9-10-18(16)25-13)20(24)22-11-5-8-17(22)14-6-3-2-4-7-14/h2-4,6-7,9-10,12-13,17H,5,8,11H2,1H3,(H,21,23)/t13-,17+/m0/s1. The minimum atomic E-state index is -0.102. The quantitative estimate of drug-likeness (QED) is 0.885. The van der Waals surface area contributed by atoms with Gasteiger partial charge in [-0.05, 0) is 43.5 Å². The molecule has 1 saturated heterocycles. The summed E-state index contributed by atoms with van der Waals surface area (Å²) in [6.45, 7) is 2.66. The van der Waals surface area contributed by atoms with Crippen LogP contribution in [0, 0.1) is 0 Å². The summed E-state index contributed by atoms with van der Waals surface area (Å²) in [5.74, 6) is 0.0254. The van der Waals surface area contributed by atoms with E-state index in [1.165, 1.54) is 17.3 Å². The van der Waals surface area contributed by atoms with Gasteiger partial charge in [0.2, 0.25) is 5.91 Å². The van der Waals surface area contributed by atoms with Crippen LogP contribution in [-0.2, 0) is 4.79 Å².